The number of likely N-dealkylation sites (tertiary alicyclic amines) is 1. The van der Waals surface area contributed by atoms with E-state index in [0.717, 1.165) is 64.2 Å². The average Bonchev–Trinajstić information content (AvgIpc) is 3.29. The van der Waals surface area contributed by atoms with E-state index in [4.69, 9.17) is 19.9 Å². The first-order valence-electron chi connectivity index (χ1n) is 9.56. The maximum absolute atomic E-state index is 11.3. The first kappa shape index (κ1) is 17.9. The van der Waals surface area contributed by atoms with E-state index >= 15 is 0 Å². The lowest BCUT2D eigenvalue weighted by atomic mass is 9.90. The number of amides is 1. The van der Waals surface area contributed by atoms with Crippen LogP contribution in [0, 0.1) is 0 Å². The van der Waals surface area contributed by atoms with Crippen molar-refractivity contribution in [2.24, 2.45) is 5.73 Å². The molecular weight excluding hydrogens is 336 g/mol. The fourth-order valence-corrected chi connectivity index (χ4v) is 4.05. The predicted octanol–water partition coefficient (Wildman–Crippen LogP) is 0.542. The van der Waals surface area contributed by atoms with Gasteiger partial charge in [-0.25, -0.2) is 0 Å². The van der Waals surface area contributed by atoms with Crippen LogP contribution in [0.4, 0.5) is 0 Å². The summed E-state index contributed by atoms with van der Waals surface area (Å²) in [6.07, 6.45) is 4.50. The smallest absolute Gasteiger partial charge is 0.269 e. The molecule has 2 saturated heterocycles. The highest BCUT2D eigenvalue weighted by Gasteiger charge is 2.39. The second-order valence-corrected chi connectivity index (χ2v) is 7.57. The molecule has 1 amide bonds. The molecule has 3 aliphatic heterocycles. The number of piperidine rings is 1. The van der Waals surface area contributed by atoms with Crippen molar-refractivity contribution in [1.29, 1.82) is 0 Å². The summed E-state index contributed by atoms with van der Waals surface area (Å²) in [5.41, 5.74) is 6.40. The Labute approximate surface area is 153 Å². The summed E-state index contributed by atoms with van der Waals surface area (Å²) >= 11 is 0. The van der Waals surface area contributed by atoms with Crippen molar-refractivity contribution >= 4 is 5.91 Å². The minimum atomic E-state index is -0.487. The van der Waals surface area contributed by atoms with Crippen LogP contribution in [0.15, 0.2) is 6.07 Å². The van der Waals surface area contributed by atoms with Crippen LogP contribution in [-0.2, 0) is 27.4 Å². The monoisotopic (exact) mass is 364 g/mol. The number of nitrogens with two attached hydrogens (primary N) is 1. The van der Waals surface area contributed by atoms with Gasteiger partial charge in [0.2, 0.25) is 0 Å². The molecule has 0 bridgehead atoms. The van der Waals surface area contributed by atoms with Crippen LogP contribution >= 0.6 is 0 Å². The van der Waals surface area contributed by atoms with Gasteiger partial charge in [-0.1, -0.05) is 0 Å². The zero-order chi connectivity index (χ0) is 18.0. The van der Waals surface area contributed by atoms with Gasteiger partial charge in [-0.2, -0.15) is 5.10 Å². The summed E-state index contributed by atoms with van der Waals surface area (Å²) in [4.78, 5) is 13.7. The fourth-order valence-electron chi connectivity index (χ4n) is 4.05. The number of ether oxygens (including phenoxy) is 3. The van der Waals surface area contributed by atoms with Crippen LogP contribution in [0.25, 0.3) is 0 Å². The van der Waals surface area contributed by atoms with Gasteiger partial charge in [0.05, 0.1) is 43.8 Å². The molecule has 1 unspecified atom stereocenters. The lowest BCUT2D eigenvalue weighted by Gasteiger charge is -2.43. The van der Waals surface area contributed by atoms with E-state index < -0.39 is 5.91 Å². The molecule has 0 aromatic carbocycles. The van der Waals surface area contributed by atoms with Crippen LogP contribution in [-0.4, -0.2) is 71.7 Å². The molecule has 1 aromatic rings. The number of carbonyl (C=O) groups excluding carboxylic acids is 1. The molecule has 144 valence electrons. The number of nitrogens with zero attached hydrogens (tertiary/aromatic N) is 3. The van der Waals surface area contributed by atoms with Crippen molar-refractivity contribution in [3.8, 4) is 0 Å². The van der Waals surface area contributed by atoms with Crippen molar-refractivity contribution in [2.75, 3.05) is 39.5 Å². The molecule has 0 saturated carbocycles. The Morgan fingerprint density at radius 2 is 2.27 bits per heavy atom. The molecule has 1 aromatic heterocycles. The summed E-state index contributed by atoms with van der Waals surface area (Å²) < 4.78 is 19.4. The Morgan fingerprint density at radius 3 is 3.00 bits per heavy atom. The van der Waals surface area contributed by atoms with E-state index in [0.29, 0.717) is 31.6 Å². The third kappa shape index (κ3) is 3.93. The highest BCUT2D eigenvalue weighted by molar-refractivity contribution is 5.90. The molecule has 4 heterocycles. The molecule has 2 fully saturated rings. The zero-order valence-electron chi connectivity index (χ0n) is 15.2. The Balaban J connectivity index is 1.22. The van der Waals surface area contributed by atoms with Gasteiger partial charge >= 0.3 is 0 Å². The van der Waals surface area contributed by atoms with E-state index in [1.54, 1.807) is 6.07 Å². The molecule has 2 N–H and O–H groups in total. The van der Waals surface area contributed by atoms with Crippen molar-refractivity contribution in [3.05, 3.63) is 17.5 Å². The lowest BCUT2D eigenvalue weighted by Crippen LogP contribution is -2.51. The lowest BCUT2D eigenvalue weighted by molar-refractivity contribution is -0.124. The number of primary amides is 1. The SMILES string of the molecule is NC(=O)c1cc2n(n1)CC1(CCN(CCOCC3CCCO3)CC1)OC2. The number of aromatic nitrogens is 2. The second-order valence-electron chi connectivity index (χ2n) is 7.57. The minimum Gasteiger partial charge on any atom is -0.377 e. The maximum atomic E-state index is 11.3. The molecule has 0 aliphatic carbocycles. The Kier molecular flexibility index (Phi) is 5.26. The van der Waals surface area contributed by atoms with Crippen LogP contribution < -0.4 is 5.73 Å². The molecule has 1 atom stereocenters. The zero-order valence-corrected chi connectivity index (χ0v) is 15.2. The highest BCUT2D eigenvalue weighted by Crippen LogP contribution is 2.33. The topological polar surface area (TPSA) is 91.8 Å². The van der Waals surface area contributed by atoms with Gasteiger partial charge in [0.25, 0.3) is 5.91 Å². The van der Waals surface area contributed by atoms with Crippen molar-refractivity contribution in [3.63, 3.8) is 0 Å². The van der Waals surface area contributed by atoms with Crippen molar-refractivity contribution in [2.45, 2.75) is 50.5 Å². The van der Waals surface area contributed by atoms with Crippen LogP contribution in [0.5, 0.6) is 0 Å². The molecule has 3 aliphatic rings. The van der Waals surface area contributed by atoms with Gasteiger partial charge in [-0.15, -0.1) is 0 Å². The molecule has 8 nitrogen and oxygen atoms in total. The van der Waals surface area contributed by atoms with Gasteiger partial charge in [0.1, 0.15) is 5.69 Å². The Bertz CT molecular complexity index is 633. The van der Waals surface area contributed by atoms with Crippen LogP contribution in [0.1, 0.15) is 41.9 Å². The third-order valence-corrected chi connectivity index (χ3v) is 5.73. The summed E-state index contributed by atoms with van der Waals surface area (Å²) in [6, 6.07) is 1.73. The van der Waals surface area contributed by atoms with E-state index in [-0.39, 0.29) is 5.60 Å². The molecule has 4 rings (SSSR count). The first-order valence-corrected chi connectivity index (χ1v) is 9.56. The number of fused-ring (bicyclic) bond motifs is 1. The number of rotatable bonds is 6. The van der Waals surface area contributed by atoms with Gasteiger partial charge < -0.3 is 24.8 Å². The number of hydrogen-bond donors (Lipinski definition) is 1. The predicted molar refractivity (Wildman–Crippen MR) is 93.7 cm³/mol. The molecular formula is C18H28N4O4. The van der Waals surface area contributed by atoms with Gasteiger partial charge in [0.15, 0.2) is 0 Å². The van der Waals surface area contributed by atoms with Crippen LogP contribution in [0.2, 0.25) is 0 Å². The van der Waals surface area contributed by atoms with Gasteiger partial charge in [0, 0.05) is 26.2 Å². The highest BCUT2D eigenvalue weighted by atomic mass is 16.5. The largest absolute Gasteiger partial charge is 0.377 e. The molecule has 1 spiro atoms. The van der Waals surface area contributed by atoms with Crippen molar-refractivity contribution < 1.29 is 19.0 Å². The molecule has 0 radical (unpaired) electrons. The summed E-state index contributed by atoms with van der Waals surface area (Å²) in [5.74, 6) is -0.487. The quantitative estimate of drug-likeness (QED) is 0.741. The minimum absolute atomic E-state index is 0.178. The maximum Gasteiger partial charge on any atom is 0.269 e. The molecule has 26 heavy (non-hydrogen) atoms. The van der Waals surface area contributed by atoms with E-state index in [2.05, 4.69) is 10.00 Å². The first-order chi connectivity index (χ1) is 12.6. The van der Waals surface area contributed by atoms with E-state index in [1.165, 1.54) is 0 Å². The summed E-state index contributed by atoms with van der Waals surface area (Å²) in [5, 5.41) is 4.33. The van der Waals surface area contributed by atoms with Crippen LogP contribution in [0.3, 0.4) is 0 Å². The standard InChI is InChI=1S/C18H28N4O4/c19-17(23)16-10-14-11-26-18(13-22(14)20-16)3-5-21(6-4-18)7-9-24-12-15-2-1-8-25-15/h10,15H,1-9,11-13H2,(H2,19,23). The normalized spacial score (nSPS) is 25.5. The number of hydrogen-bond acceptors (Lipinski definition) is 6. The fraction of sp³-hybridized carbons (Fsp3) is 0.778. The average molecular weight is 364 g/mol. The second kappa shape index (κ2) is 7.64. The Morgan fingerprint density at radius 1 is 1.42 bits per heavy atom. The van der Waals surface area contributed by atoms with Gasteiger partial charge in [-0.05, 0) is 31.7 Å². The third-order valence-electron chi connectivity index (χ3n) is 5.73. The van der Waals surface area contributed by atoms with E-state index in [9.17, 15) is 4.79 Å². The summed E-state index contributed by atoms with van der Waals surface area (Å²) in [7, 11) is 0. The van der Waals surface area contributed by atoms with Gasteiger partial charge in [-0.3, -0.25) is 9.48 Å². The Hall–Kier alpha value is -1.48. The van der Waals surface area contributed by atoms with E-state index in [1.807, 2.05) is 4.68 Å². The molecule has 8 heteroatoms. The summed E-state index contributed by atoms with van der Waals surface area (Å²) in [6.45, 7) is 6.45. The van der Waals surface area contributed by atoms with Crippen molar-refractivity contribution in [1.82, 2.24) is 14.7 Å². The number of carbonyl (C=O) groups is 1.